The molecule has 0 saturated heterocycles. The van der Waals surface area contributed by atoms with Crippen molar-refractivity contribution >= 4 is 12.4 Å². The zero-order chi connectivity index (χ0) is 7.40. The van der Waals surface area contributed by atoms with Crippen LogP contribution in [0.4, 0.5) is 0 Å². The summed E-state index contributed by atoms with van der Waals surface area (Å²) < 4.78 is 0. The van der Waals surface area contributed by atoms with E-state index in [-0.39, 0.29) is 18.5 Å². The number of hydrogen-bond acceptors (Lipinski definition) is 2. The first-order valence-corrected chi connectivity index (χ1v) is 4.22. The lowest BCUT2D eigenvalue weighted by Gasteiger charge is -2.18. The molecular formula is C8H18ClNO. The SMILES string of the molecule is Cl.NC1CCCC(O)CCC1. The summed E-state index contributed by atoms with van der Waals surface area (Å²) in [5.74, 6) is 0. The standard InChI is InChI=1S/C8H17NO.ClH/c9-7-3-1-5-8(10)6-2-4-7;/h7-8,10H,1-6,9H2;1H. The number of hydrogen-bond donors (Lipinski definition) is 2. The third-order valence-corrected chi connectivity index (χ3v) is 2.22. The van der Waals surface area contributed by atoms with Crippen molar-refractivity contribution in [3.63, 3.8) is 0 Å². The van der Waals surface area contributed by atoms with Crippen molar-refractivity contribution in [3.05, 3.63) is 0 Å². The highest BCUT2D eigenvalue weighted by Crippen LogP contribution is 2.15. The number of nitrogens with two attached hydrogens (primary N) is 1. The molecule has 0 aliphatic heterocycles. The second-order valence-corrected chi connectivity index (χ2v) is 3.28. The summed E-state index contributed by atoms with van der Waals surface area (Å²) in [6.45, 7) is 0. The summed E-state index contributed by atoms with van der Waals surface area (Å²) >= 11 is 0. The fraction of sp³-hybridized carbons (Fsp3) is 1.00. The van der Waals surface area contributed by atoms with Crippen molar-refractivity contribution < 1.29 is 5.11 Å². The molecule has 3 N–H and O–H groups in total. The van der Waals surface area contributed by atoms with E-state index in [1.54, 1.807) is 0 Å². The molecule has 1 fully saturated rings. The largest absolute Gasteiger partial charge is 0.393 e. The molecular weight excluding hydrogens is 162 g/mol. The van der Waals surface area contributed by atoms with Crippen molar-refractivity contribution in [1.29, 1.82) is 0 Å². The van der Waals surface area contributed by atoms with E-state index in [1.807, 2.05) is 0 Å². The van der Waals surface area contributed by atoms with Gasteiger partial charge < -0.3 is 10.8 Å². The normalized spacial score (nSPS) is 33.3. The Labute approximate surface area is 74.6 Å². The summed E-state index contributed by atoms with van der Waals surface area (Å²) in [6.07, 6.45) is 6.24. The van der Waals surface area contributed by atoms with Gasteiger partial charge in [-0.25, -0.2) is 0 Å². The Balaban J connectivity index is 0.000001000. The van der Waals surface area contributed by atoms with Crippen LogP contribution in [-0.4, -0.2) is 17.3 Å². The Bertz CT molecular complexity index is 80.1. The van der Waals surface area contributed by atoms with Crippen molar-refractivity contribution in [1.82, 2.24) is 0 Å². The van der Waals surface area contributed by atoms with Gasteiger partial charge in [-0.1, -0.05) is 0 Å². The van der Waals surface area contributed by atoms with Gasteiger partial charge in [0.1, 0.15) is 0 Å². The van der Waals surface area contributed by atoms with Gasteiger partial charge in [0.05, 0.1) is 6.10 Å². The van der Waals surface area contributed by atoms with Crippen molar-refractivity contribution in [3.8, 4) is 0 Å². The van der Waals surface area contributed by atoms with E-state index in [9.17, 15) is 5.11 Å². The topological polar surface area (TPSA) is 46.2 Å². The van der Waals surface area contributed by atoms with E-state index in [0.717, 1.165) is 38.5 Å². The van der Waals surface area contributed by atoms with Crippen molar-refractivity contribution in [2.75, 3.05) is 0 Å². The average Bonchev–Trinajstić information content (AvgIpc) is 1.84. The molecule has 1 saturated carbocycles. The fourth-order valence-corrected chi connectivity index (χ4v) is 1.52. The third kappa shape index (κ3) is 4.62. The van der Waals surface area contributed by atoms with Crippen LogP contribution in [0.25, 0.3) is 0 Å². The number of aliphatic hydroxyl groups excluding tert-OH is 1. The summed E-state index contributed by atoms with van der Waals surface area (Å²) in [4.78, 5) is 0. The molecule has 0 aromatic rings. The highest BCUT2D eigenvalue weighted by Gasteiger charge is 2.11. The monoisotopic (exact) mass is 179 g/mol. The first kappa shape index (κ1) is 11.2. The Morgan fingerprint density at radius 2 is 1.45 bits per heavy atom. The molecule has 0 radical (unpaired) electrons. The lowest BCUT2D eigenvalue weighted by atomic mass is 9.96. The number of rotatable bonds is 0. The molecule has 0 amide bonds. The lowest BCUT2D eigenvalue weighted by Crippen LogP contribution is -2.23. The maximum atomic E-state index is 9.26. The highest BCUT2D eigenvalue weighted by molar-refractivity contribution is 5.85. The van der Waals surface area contributed by atoms with Gasteiger partial charge in [-0.3, -0.25) is 0 Å². The quantitative estimate of drug-likeness (QED) is 0.592. The Morgan fingerprint density at radius 1 is 1.00 bits per heavy atom. The molecule has 0 bridgehead atoms. The zero-order valence-corrected chi connectivity index (χ0v) is 7.65. The second-order valence-electron chi connectivity index (χ2n) is 3.28. The van der Waals surface area contributed by atoms with E-state index in [4.69, 9.17) is 5.73 Å². The predicted molar refractivity (Wildman–Crippen MR) is 48.9 cm³/mol. The van der Waals surface area contributed by atoms with E-state index in [0.29, 0.717) is 6.04 Å². The van der Waals surface area contributed by atoms with Crippen LogP contribution in [0.15, 0.2) is 0 Å². The van der Waals surface area contributed by atoms with Crippen molar-refractivity contribution in [2.24, 2.45) is 5.73 Å². The van der Waals surface area contributed by atoms with Crippen LogP contribution in [-0.2, 0) is 0 Å². The molecule has 0 spiro atoms. The average molecular weight is 180 g/mol. The van der Waals surface area contributed by atoms with Crippen LogP contribution in [0.1, 0.15) is 38.5 Å². The van der Waals surface area contributed by atoms with Gasteiger partial charge in [-0.2, -0.15) is 0 Å². The molecule has 11 heavy (non-hydrogen) atoms. The van der Waals surface area contributed by atoms with E-state index in [2.05, 4.69) is 0 Å². The minimum absolute atomic E-state index is 0. The molecule has 3 heteroatoms. The molecule has 0 aromatic heterocycles. The van der Waals surface area contributed by atoms with Gasteiger partial charge in [0.15, 0.2) is 0 Å². The Kier molecular flexibility index (Phi) is 5.92. The maximum absolute atomic E-state index is 9.26. The zero-order valence-electron chi connectivity index (χ0n) is 6.83. The van der Waals surface area contributed by atoms with Crippen LogP contribution in [0.5, 0.6) is 0 Å². The molecule has 0 heterocycles. The second kappa shape index (κ2) is 5.81. The van der Waals surface area contributed by atoms with Crippen LogP contribution in [0, 0.1) is 0 Å². The smallest absolute Gasteiger partial charge is 0.0540 e. The fourth-order valence-electron chi connectivity index (χ4n) is 1.52. The van der Waals surface area contributed by atoms with Gasteiger partial charge in [0.25, 0.3) is 0 Å². The van der Waals surface area contributed by atoms with Gasteiger partial charge in [-0.15, -0.1) is 12.4 Å². The number of aliphatic hydroxyl groups is 1. The summed E-state index contributed by atoms with van der Waals surface area (Å²) in [5, 5.41) is 9.26. The molecule has 1 aliphatic carbocycles. The van der Waals surface area contributed by atoms with E-state index < -0.39 is 0 Å². The van der Waals surface area contributed by atoms with Gasteiger partial charge in [0.2, 0.25) is 0 Å². The maximum Gasteiger partial charge on any atom is 0.0540 e. The highest BCUT2D eigenvalue weighted by atomic mass is 35.5. The van der Waals surface area contributed by atoms with Gasteiger partial charge in [-0.05, 0) is 38.5 Å². The van der Waals surface area contributed by atoms with Gasteiger partial charge >= 0.3 is 0 Å². The summed E-state index contributed by atoms with van der Waals surface area (Å²) in [6, 6.07) is 0.396. The molecule has 0 atom stereocenters. The molecule has 0 aromatic carbocycles. The molecule has 0 unspecified atom stereocenters. The summed E-state index contributed by atoms with van der Waals surface area (Å²) in [5.41, 5.74) is 5.77. The lowest BCUT2D eigenvalue weighted by molar-refractivity contribution is 0.139. The van der Waals surface area contributed by atoms with Crippen LogP contribution in [0.2, 0.25) is 0 Å². The third-order valence-electron chi connectivity index (χ3n) is 2.22. The molecule has 1 aliphatic rings. The van der Waals surface area contributed by atoms with Crippen LogP contribution >= 0.6 is 12.4 Å². The minimum Gasteiger partial charge on any atom is -0.393 e. The summed E-state index contributed by atoms with van der Waals surface area (Å²) in [7, 11) is 0. The first-order chi connectivity index (χ1) is 4.79. The van der Waals surface area contributed by atoms with Gasteiger partial charge in [0, 0.05) is 6.04 Å². The predicted octanol–water partition coefficient (Wildman–Crippen LogP) is 1.45. The number of halogens is 1. The van der Waals surface area contributed by atoms with E-state index in [1.165, 1.54) is 0 Å². The Hall–Kier alpha value is 0.210. The molecule has 68 valence electrons. The van der Waals surface area contributed by atoms with Crippen LogP contribution in [0.3, 0.4) is 0 Å². The molecule has 1 rings (SSSR count). The molecule has 2 nitrogen and oxygen atoms in total. The Morgan fingerprint density at radius 3 is 1.91 bits per heavy atom. The van der Waals surface area contributed by atoms with Crippen LogP contribution < -0.4 is 5.73 Å². The van der Waals surface area contributed by atoms with E-state index >= 15 is 0 Å². The van der Waals surface area contributed by atoms with Crippen molar-refractivity contribution in [2.45, 2.75) is 50.7 Å². The first-order valence-electron chi connectivity index (χ1n) is 4.22. The minimum atomic E-state index is -0.0486.